The van der Waals surface area contributed by atoms with Gasteiger partial charge in [0, 0.05) is 11.3 Å². The smallest absolute Gasteiger partial charge is 0.212 e. The molecular weight excluding hydrogens is 263 g/mol. The molecule has 0 radical (unpaired) electrons. The largest absolute Gasteiger partial charge is 0.371 e. The van der Waals surface area contributed by atoms with Crippen LogP contribution >= 0.6 is 0 Å². The van der Waals surface area contributed by atoms with Gasteiger partial charge >= 0.3 is 0 Å². The molecule has 0 fully saturated rings. The molecule has 0 saturated heterocycles. The van der Waals surface area contributed by atoms with Gasteiger partial charge in [-0.1, -0.05) is 22.8 Å². The number of ether oxygens (including phenoxy) is 1. The zero-order valence-electron chi connectivity index (χ0n) is 11.5. The molecular formula is C14H19FN2OS. The number of alkyl halides is 1. The maximum atomic E-state index is 12.6. The summed E-state index contributed by atoms with van der Waals surface area (Å²) in [6, 6.07) is 7.70. The summed E-state index contributed by atoms with van der Waals surface area (Å²) in [7, 11) is -0.420. The molecule has 0 saturated carbocycles. The summed E-state index contributed by atoms with van der Waals surface area (Å²) in [6.45, 7) is 3.48. The van der Waals surface area contributed by atoms with E-state index in [9.17, 15) is 4.39 Å². The third kappa shape index (κ3) is 5.09. The fourth-order valence-electron chi connectivity index (χ4n) is 1.73. The predicted octanol–water partition coefficient (Wildman–Crippen LogP) is 3.78. The highest BCUT2D eigenvalue weighted by atomic mass is 32.2. The first kappa shape index (κ1) is 15.8. The summed E-state index contributed by atoms with van der Waals surface area (Å²) >= 11 is 0. The number of halogens is 1. The van der Waals surface area contributed by atoms with Gasteiger partial charge in [0.1, 0.15) is 0 Å². The number of nitrogens with zero attached hydrogens (tertiary/aromatic N) is 2. The summed E-state index contributed by atoms with van der Waals surface area (Å²) in [4.78, 5) is 0.994. The van der Waals surface area contributed by atoms with E-state index in [0.29, 0.717) is 6.42 Å². The number of benzene rings is 1. The normalized spacial score (nSPS) is 14.3. The van der Waals surface area contributed by atoms with E-state index < -0.39 is 17.4 Å². The van der Waals surface area contributed by atoms with Crippen LogP contribution in [0.15, 0.2) is 33.5 Å². The number of rotatable bonds is 6. The fourth-order valence-corrected chi connectivity index (χ4v) is 2.49. The molecule has 1 aromatic rings. The highest BCUT2D eigenvalue weighted by Gasteiger charge is 2.13. The lowest BCUT2D eigenvalue weighted by atomic mass is 10.1. The zero-order valence-corrected chi connectivity index (χ0v) is 12.3. The minimum atomic E-state index is -0.420. The molecule has 0 heterocycles. The van der Waals surface area contributed by atoms with Gasteiger partial charge < -0.3 is 4.74 Å². The lowest BCUT2D eigenvalue weighted by molar-refractivity contribution is -0.00149. The molecule has 1 aromatic carbocycles. The number of hydrogen-bond acceptors (Lipinski definition) is 3. The highest BCUT2D eigenvalue weighted by Crippen LogP contribution is 2.24. The SMILES string of the molecule is CC(C)OC(CCF)c1ccc(S(C)=NC#N)cc1. The van der Waals surface area contributed by atoms with Crippen LogP contribution in [0.3, 0.4) is 0 Å². The third-order valence-electron chi connectivity index (χ3n) is 2.58. The van der Waals surface area contributed by atoms with Crippen LogP contribution in [0.4, 0.5) is 4.39 Å². The molecule has 2 unspecified atom stereocenters. The highest BCUT2D eigenvalue weighted by molar-refractivity contribution is 7.86. The maximum Gasteiger partial charge on any atom is 0.212 e. The van der Waals surface area contributed by atoms with E-state index in [1.807, 2.05) is 50.6 Å². The van der Waals surface area contributed by atoms with Gasteiger partial charge in [-0.05, 0) is 37.8 Å². The number of nitriles is 1. The van der Waals surface area contributed by atoms with Crippen LogP contribution in [0.25, 0.3) is 0 Å². The lowest BCUT2D eigenvalue weighted by Crippen LogP contribution is -2.11. The van der Waals surface area contributed by atoms with Gasteiger partial charge in [-0.2, -0.15) is 5.26 Å². The Kier molecular flexibility index (Phi) is 6.68. The van der Waals surface area contributed by atoms with Crippen LogP contribution in [0.2, 0.25) is 0 Å². The standard InChI is InChI=1S/C14H19FN2OS/c1-11(2)18-14(8-9-15)12-4-6-13(7-5-12)19(3)17-10-16/h4-7,11,14H,8-9H2,1-3H3. The summed E-state index contributed by atoms with van der Waals surface area (Å²) in [5.41, 5.74) is 0.962. The molecule has 0 aliphatic heterocycles. The Hall–Kier alpha value is -1.25. The van der Waals surface area contributed by atoms with Gasteiger partial charge in [-0.25, -0.2) is 0 Å². The van der Waals surface area contributed by atoms with Crippen LogP contribution in [0, 0.1) is 11.5 Å². The van der Waals surface area contributed by atoms with E-state index in [2.05, 4.69) is 4.36 Å². The third-order valence-corrected chi connectivity index (χ3v) is 3.89. The van der Waals surface area contributed by atoms with Crippen LogP contribution in [-0.4, -0.2) is 19.0 Å². The lowest BCUT2D eigenvalue weighted by Gasteiger charge is -2.20. The van der Waals surface area contributed by atoms with Gasteiger partial charge in [0.15, 0.2) is 0 Å². The predicted molar refractivity (Wildman–Crippen MR) is 75.6 cm³/mol. The fraction of sp³-hybridized carbons (Fsp3) is 0.500. The van der Waals surface area contributed by atoms with Gasteiger partial charge in [0.2, 0.25) is 6.19 Å². The van der Waals surface area contributed by atoms with Gasteiger partial charge in [0.05, 0.1) is 18.9 Å². The van der Waals surface area contributed by atoms with Crippen molar-refractivity contribution < 1.29 is 9.13 Å². The zero-order chi connectivity index (χ0) is 14.3. The Bertz CT molecular complexity index is 465. The average Bonchev–Trinajstić information content (AvgIpc) is 2.38. The second-order valence-corrected chi connectivity index (χ2v) is 6.00. The minimum Gasteiger partial charge on any atom is -0.371 e. The van der Waals surface area contributed by atoms with E-state index in [1.54, 1.807) is 0 Å². The summed E-state index contributed by atoms with van der Waals surface area (Å²) in [5.74, 6) is 0. The van der Waals surface area contributed by atoms with Crippen molar-refractivity contribution in [1.29, 1.82) is 5.26 Å². The van der Waals surface area contributed by atoms with Crippen molar-refractivity contribution >= 4 is 10.7 Å². The monoisotopic (exact) mass is 282 g/mol. The quantitative estimate of drug-likeness (QED) is 0.745. The molecule has 0 bridgehead atoms. The Morgan fingerprint density at radius 2 is 2.00 bits per heavy atom. The van der Waals surface area contributed by atoms with Crippen molar-refractivity contribution in [1.82, 2.24) is 0 Å². The summed E-state index contributed by atoms with van der Waals surface area (Å²) < 4.78 is 22.1. The van der Waals surface area contributed by atoms with Crippen molar-refractivity contribution in [3.63, 3.8) is 0 Å². The van der Waals surface area contributed by atoms with Gasteiger partial charge in [-0.3, -0.25) is 4.39 Å². The van der Waals surface area contributed by atoms with Gasteiger partial charge in [0.25, 0.3) is 0 Å². The van der Waals surface area contributed by atoms with E-state index in [1.165, 1.54) is 0 Å². The molecule has 1 rings (SSSR count). The molecule has 19 heavy (non-hydrogen) atoms. The van der Waals surface area contributed by atoms with Crippen molar-refractivity contribution in [2.45, 2.75) is 37.4 Å². The van der Waals surface area contributed by atoms with Crippen molar-refractivity contribution in [3.05, 3.63) is 29.8 Å². The second-order valence-electron chi connectivity index (χ2n) is 4.39. The first-order chi connectivity index (χ1) is 9.08. The average molecular weight is 282 g/mol. The van der Waals surface area contributed by atoms with Crippen molar-refractivity contribution in [3.8, 4) is 6.19 Å². The Morgan fingerprint density at radius 3 is 2.47 bits per heavy atom. The molecule has 0 aliphatic rings. The Labute approximate surface area is 116 Å². The number of hydrogen-bond donors (Lipinski definition) is 0. The van der Waals surface area contributed by atoms with E-state index in [4.69, 9.17) is 10.00 Å². The molecule has 0 spiro atoms. The molecule has 3 nitrogen and oxygen atoms in total. The molecule has 0 aromatic heterocycles. The van der Waals surface area contributed by atoms with E-state index in [0.717, 1.165) is 10.5 Å². The van der Waals surface area contributed by atoms with E-state index in [-0.39, 0.29) is 12.2 Å². The summed E-state index contributed by atoms with van der Waals surface area (Å²) in [6.07, 6.45) is 3.91. The van der Waals surface area contributed by atoms with E-state index >= 15 is 0 Å². The molecule has 104 valence electrons. The minimum absolute atomic E-state index is 0.0608. The molecule has 5 heteroatoms. The maximum absolute atomic E-state index is 12.6. The Morgan fingerprint density at radius 1 is 1.37 bits per heavy atom. The second kappa shape index (κ2) is 8.03. The van der Waals surface area contributed by atoms with Crippen LogP contribution in [0.1, 0.15) is 31.9 Å². The first-order valence-electron chi connectivity index (χ1n) is 6.15. The Balaban J connectivity index is 2.89. The van der Waals surface area contributed by atoms with Crippen LogP contribution in [0.5, 0.6) is 0 Å². The topological polar surface area (TPSA) is 45.4 Å². The first-order valence-corrected chi connectivity index (χ1v) is 7.74. The molecule has 0 aliphatic carbocycles. The molecule has 0 N–H and O–H groups in total. The van der Waals surface area contributed by atoms with Crippen molar-refractivity contribution in [2.75, 3.05) is 12.9 Å². The van der Waals surface area contributed by atoms with Crippen LogP contribution < -0.4 is 0 Å². The molecule has 2 atom stereocenters. The van der Waals surface area contributed by atoms with Crippen LogP contribution in [-0.2, 0) is 15.4 Å². The molecule has 0 amide bonds. The summed E-state index contributed by atoms with van der Waals surface area (Å²) in [5, 5.41) is 8.54. The van der Waals surface area contributed by atoms with Gasteiger partial charge in [-0.15, -0.1) is 4.36 Å². The van der Waals surface area contributed by atoms with Crippen molar-refractivity contribution in [2.24, 2.45) is 4.36 Å².